The van der Waals surface area contributed by atoms with Crippen LogP contribution in [-0.2, 0) is 11.2 Å². The Morgan fingerprint density at radius 3 is 2.58 bits per heavy atom. The molecule has 4 heteroatoms. The normalized spacial score (nSPS) is 13.9. The summed E-state index contributed by atoms with van der Waals surface area (Å²) in [5.41, 5.74) is 4.34. The van der Waals surface area contributed by atoms with Crippen LogP contribution in [0.5, 0.6) is 0 Å². The number of hydrogen-bond acceptors (Lipinski definition) is 3. The minimum Gasteiger partial charge on any atom is -0.362 e. The fourth-order valence-corrected chi connectivity index (χ4v) is 3.47. The molecule has 0 unspecified atom stereocenters. The number of anilines is 1. The van der Waals surface area contributed by atoms with Gasteiger partial charge in [-0.3, -0.25) is 9.78 Å². The number of carbonyl (C=O) groups excluding carboxylic acids is 1. The molecule has 2 aromatic carbocycles. The largest absolute Gasteiger partial charge is 0.362 e. The van der Waals surface area contributed by atoms with Gasteiger partial charge in [-0.1, -0.05) is 54.6 Å². The summed E-state index contributed by atoms with van der Waals surface area (Å²) >= 11 is 0. The maximum Gasteiger partial charge on any atom is 0.240 e. The molecule has 0 fully saturated rings. The summed E-state index contributed by atoms with van der Waals surface area (Å²) < 4.78 is 0. The summed E-state index contributed by atoms with van der Waals surface area (Å²) in [6.45, 7) is 1.24. The van der Waals surface area contributed by atoms with Gasteiger partial charge in [-0.15, -0.1) is 0 Å². The quantitative estimate of drug-likeness (QED) is 0.773. The maximum absolute atomic E-state index is 12.8. The molecule has 4 rings (SSSR count). The molecule has 130 valence electrons. The van der Waals surface area contributed by atoms with Gasteiger partial charge in [-0.2, -0.15) is 0 Å². The Morgan fingerprint density at radius 2 is 1.77 bits per heavy atom. The highest BCUT2D eigenvalue weighted by Gasteiger charge is 2.23. The van der Waals surface area contributed by atoms with Crippen molar-refractivity contribution in [1.82, 2.24) is 10.3 Å². The number of fused-ring (bicyclic) bond motifs is 1. The second-order valence-corrected chi connectivity index (χ2v) is 6.47. The average molecular weight is 343 g/mol. The Balaban J connectivity index is 1.52. The summed E-state index contributed by atoms with van der Waals surface area (Å²) in [5, 5.41) is 3.16. The van der Waals surface area contributed by atoms with Crippen molar-refractivity contribution in [2.75, 3.05) is 18.0 Å². The third-order valence-electron chi connectivity index (χ3n) is 4.74. The van der Waals surface area contributed by atoms with Crippen LogP contribution < -0.4 is 10.2 Å². The number of carbonyl (C=O) groups is 1. The molecule has 0 saturated heterocycles. The predicted octanol–water partition coefficient (Wildman–Crippen LogP) is 3.35. The highest BCUT2D eigenvalue weighted by molar-refractivity contribution is 5.83. The molecule has 1 atom stereocenters. The molecule has 0 bridgehead atoms. The molecule has 4 nitrogen and oxygen atoms in total. The standard InChI is InChI=1S/C22H21N3O/c26-21(16-25-15-13-17-8-4-5-12-20(17)25)24-22(18-9-2-1-3-10-18)19-11-6-7-14-23-19/h1-12,14,22H,13,15-16H2,(H,24,26)/t22-/m1/s1. The van der Waals surface area contributed by atoms with Gasteiger partial charge in [0.2, 0.25) is 5.91 Å². The number of amides is 1. The van der Waals surface area contributed by atoms with E-state index in [-0.39, 0.29) is 11.9 Å². The van der Waals surface area contributed by atoms with Crippen molar-refractivity contribution < 1.29 is 4.79 Å². The Hall–Kier alpha value is -3.14. The molecule has 0 saturated carbocycles. The number of nitrogens with zero attached hydrogens (tertiary/aromatic N) is 2. The van der Waals surface area contributed by atoms with Crippen molar-refractivity contribution in [2.24, 2.45) is 0 Å². The highest BCUT2D eigenvalue weighted by atomic mass is 16.2. The van der Waals surface area contributed by atoms with E-state index in [9.17, 15) is 4.79 Å². The highest BCUT2D eigenvalue weighted by Crippen LogP contribution is 2.27. The second-order valence-electron chi connectivity index (χ2n) is 6.47. The Bertz CT molecular complexity index is 841. The zero-order chi connectivity index (χ0) is 17.8. The number of nitrogens with one attached hydrogen (secondary N) is 1. The molecule has 0 spiro atoms. The summed E-state index contributed by atoms with van der Waals surface area (Å²) in [7, 11) is 0. The molecule has 3 aromatic rings. The van der Waals surface area contributed by atoms with Crippen LogP contribution in [0.25, 0.3) is 0 Å². The van der Waals surface area contributed by atoms with Gasteiger partial charge in [-0.05, 0) is 35.7 Å². The molecular formula is C22H21N3O. The van der Waals surface area contributed by atoms with Crippen LogP contribution >= 0.6 is 0 Å². The van der Waals surface area contributed by atoms with E-state index in [2.05, 4.69) is 33.4 Å². The first-order valence-corrected chi connectivity index (χ1v) is 8.89. The van der Waals surface area contributed by atoms with E-state index >= 15 is 0 Å². The minimum absolute atomic E-state index is 0.00112. The number of pyridine rings is 1. The van der Waals surface area contributed by atoms with E-state index in [0.29, 0.717) is 6.54 Å². The van der Waals surface area contributed by atoms with Gasteiger partial charge in [-0.25, -0.2) is 0 Å². The third kappa shape index (κ3) is 3.45. The van der Waals surface area contributed by atoms with Gasteiger partial charge >= 0.3 is 0 Å². The second kappa shape index (κ2) is 7.40. The van der Waals surface area contributed by atoms with Crippen molar-refractivity contribution >= 4 is 11.6 Å². The molecule has 1 aromatic heterocycles. The van der Waals surface area contributed by atoms with Crippen LogP contribution in [0.3, 0.4) is 0 Å². The Labute approximate surface area is 153 Å². The molecule has 26 heavy (non-hydrogen) atoms. The molecule has 1 aliphatic heterocycles. The van der Waals surface area contributed by atoms with Gasteiger partial charge in [0.15, 0.2) is 0 Å². The number of hydrogen-bond donors (Lipinski definition) is 1. The van der Waals surface area contributed by atoms with Crippen molar-refractivity contribution in [1.29, 1.82) is 0 Å². The summed E-state index contributed by atoms with van der Waals surface area (Å²) in [4.78, 5) is 19.4. The topological polar surface area (TPSA) is 45.2 Å². The van der Waals surface area contributed by atoms with Crippen molar-refractivity contribution in [3.63, 3.8) is 0 Å². The molecule has 1 amide bonds. The number of para-hydroxylation sites is 1. The van der Waals surface area contributed by atoms with Crippen LogP contribution in [-0.4, -0.2) is 24.0 Å². The molecular weight excluding hydrogens is 322 g/mol. The average Bonchev–Trinajstić information content (AvgIpc) is 3.10. The van der Waals surface area contributed by atoms with E-state index in [4.69, 9.17) is 0 Å². The lowest BCUT2D eigenvalue weighted by Crippen LogP contribution is -2.38. The molecule has 2 heterocycles. The van der Waals surface area contributed by atoms with E-state index in [1.165, 1.54) is 5.56 Å². The molecule has 0 radical (unpaired) electrons. The lowest BCUT2D eigenvalue weighted by atomic mass is 10.0. The SMILES string of the molecule is O=C(CN1CCc2ccccc21)N[C@H](c1ccccc1)c1ccccn1. The van der Waals surface area contributed by atoms with Crippen LogP contribution in [0.2, 0.25) is 0 Å². The summed E-state index contributed by atoms with van der Waals surface area (Å²) in [6.07, 6.45) is 2.75. The van der Waals surface area contributed by atoms with E-state index in [1.807, 2.05) is 54.6 Å². The molecule has 0 aliphatic carbocycles. The van der Waals surface area contributed by atoms with Crippen LogP contribution in [0, 0.1) is 0 Å². The Kier molecular flexibility index (Phi) is 4.65. The fourth-order valence-electron chi connectivity index (χ4n) is 3.47. The minimum atomic E-state index is -0.247. The van der Waals surface area contributed by atoms with Crippen LogP contribution in [0.1, 0.15) is 22.9 Å². The van der Waals surface area contributed by atoms with Crippen LogP contribution in [0.4, 0.5) is 5.69 Å². The van der Waals surface area contributed by atoms with E-state index < -0.39 is 0 Å². The van der Waals surface area contributed by atoms with E-state index in [1.54, 1.807) is 6.20 Å². The first-order chi connectivity index (χ1) is 12.8. The monoisotopic (exact) mass is 343 g/mol. The number of rotatable bonds is 5. The van der Waals surface area contributed by atoms with E-state index in [0.717, 1.165) is 29.9 Å². The lowest BCUT2D eigenvalue weighted by Gasteiger charge is -2.23. The smallest absolute Gasteiger partial charge is 0.240 e. The van der Waals surface area contributed by atoms with Gasteiger partial charge in [0.25, 0.3) is 0 Å². The maximum atomic E-state index is 12.8. The van der Waals surface area contributed by atoms with Gasteiger partial charge in [0.1, 0.15) is 0 Å². The first kappa shape index (κ1) is 16.3. The predicted molar refractivity (Wildman–Crippen MR) is 103 cm³/mol. The summed E-state index contributed by atoms with van der Waals surface area (Å²) in [6, 6.07) is 23.8. The molecule has 1 aliphatic rings. The van der Waals surface area contributed by atoms with Gasteiger partial charge in [0, 0.05) is 18.4 Å². The van der Waals surface area contributed by atoms with Gasteiger partial charge < -0.3 is 10.2 Å². The van der Waals surface area contributed by atoms with Crippen LogP contribution in [0.15, 0.2) is 79.0 Å². The number of aromatic nitrogens is 1. The summed E-state index contributed by atoms with van der Waals surface area (Å²) in [5.74, 6) is 0.00112. The number of benzene rings is 2. The zero-order valence-corrected chi connectivity index (χ0v) is 14.5. The van der Waals surface area contributed by atoms with Crippen molar-refractivity contribution in [3.8, 4) is 0 Å². The fraction of sp³-hybridized carbons (Fsp3) is 0.182. The molecule has 1 N–H and O–H groups in total. The third-order valence-corrected chi connectivity index (χ3v) is 4.74. The lowest BCUT2D eigenvalue weighted by molar-refractivity contribution is -0.120. The zero-order valence-electron chi connectivity index (χ0n) is 14.5. The van der Waals surface area contributed by atoms with Gasteiger partial charge in [0.05, 0.1) is 18.3 Å². The Morgan fingerprint density at radius 1 is 1.00 bits per heavy atom. The van der Waals surface area contributed by atoms with Crippen molar-refractivity contribution in [3.05, 3.63) is 95.8 Å². The van der Waals surface area contributed by atoms with Crippen molar-refractivity contribution in [2.45, 2.75) is 12.5 Å². The first-order valence-electron chi connectivity index (χ1n) is 8.89.